The third-order valence-electron chi connectivity index (χ3n) is 2.89. The van der Waals surface area contributed by atoms with E-state index in [9.17, 15) is 4.79 Å². The molecular weight excluding hydrogens is 260 g/mol. The van der Waals surface area contributed by atoms with Gasteiger partial charge in [0.05, 0.1) is 0 Å². The second kappa shape index (κ2) is 4.56. The molecular formula is C10H14N2O5S. The van der Waals surface area contributed by atoms with E-state index in [2.05, 4.69) is 4.98 Å². The van der Waals surface area contributed by atoms with Gasteiger partial charge < -0.3 is 20.1 Å². The molecule has 2 atom stereocenters. The van der Waals surface area contributed by atoms with Crippen molar-refractivity contribution in [2.45, 2.75) is 38.1 Å². The van der Waals surface area contributed by atoms with Crippen molar-refractivity contribution in [2.75, 3.05) is 0 Å². The summed E-state index contributed by atoms with van der Waals surface area (Å²) in [6.45, 7) is 1.75. The van der Waals surface area contributed by atoms with Gasteiger partial charge in [0.1, 0.15) is 17.0 Å². The minimum Gasteiger partial charge on any atom is -0.346 e. The number of nitrogens with one attached hydrogen (secondary N) is 1. The molecule has 4 N–H and O–H groups in total. The van der Waals surface area contributed by atoms with Gasteiger partial charge in [-0.2, -0.15) is 0 Å². The van der Waals surface area contributed by atoms with Crippen LogP contribution in [-0.4, -0.2) is 36.9 Å². The van der Waals surface area contributed by atoms with Gasteiger partial charge in [-0.25, -0.2) is 4.79 Å². The number of aliphatic hydroxyl groups is 3. The molecule has 1 saturated heterocycles. The minimum atomic E-state index is -2.89. The van der Waals surface area contributed by atoms with Crippen LogP contribution < -0.4 is 5.69 Å². The average molecular weight is 274 g/mol. The van der Waals surface area contributed by atoms with Gasteiger partial charge in [0.15, 0.2) is 0 Å². The Labute approximate surface area is 107 Å². The minimum absolute atomic E-state index is 0.231. The quantitative estimate of drug-likeness (QED) is 0.429. The zero-order chi connectivity index (χ0) is 13.5. The standard InChI is InChI=1S/C10H14N2O5S/c1-5-4-12(9(13)11-8(5)18)7-3-2-6(17-7)10(14,15)16/h4,6-7,14-16H,2-3H2,1H3,(H,11,13,18). The SMILES string of the molecule is Cc1cn(C2CCC(C(O)(O)O)O2)c(=O)[nH]c1=S. The molecule has 0 bridgehead atoms. The zero-order valence-electron chi connectivity index (χ0n) is 9.66. The van der Waals surface area contributed by atoms with Crippen LogP contribution in [0.15, 0.2) is 11.0 Å². The maximum absolute atomic E-state index is 11.7. The van der Waals surface area contributed by atoms with Crippen molar-refractivity contribution in [2.24, 2.45) is 0 Å². The number of rotatable bonds is 2. The average Bonchev–Trinajstić information content (AvgIpc) is 2.72. The third-order valence-corrected chi connectivity index (χ3v) is 3.31. The molecule has 1 aliphatic heterocycles. The van der Waals surface area contributed by atoms with Crippen LogP contribution in [0.3, 0.4) is 0 Å². The Kier molecular flexibility index (Phi) is 3.39. The fourth-order valence-electron chi connectivity index (χ4n) is 1.91. The van der Waals surface area contributed by atoms with Gasteiger partial charge in [0.2, 0.25) is 0 Å². The van der Waals surface area contributed by atoms with Gasteiger partial charge in [-0.15, -0.1) is 0 Å². The Morgan fingerprint density at radius 3 is 2.72 bits per heavy atom. The lowest BCUT2D eigenvalue weighted by Crippen LogP contribution is -2.42. The van der Waals surface area contributed by atoms with Gasteiger partial charge in [-0.1, -0.05) is 12.2 Å². The number of ether oxygens (including phenoxy) is 1. The highest BCUT2D eigenvalue weighted by Crippen LogP contribution is 2.31. The molecule has 2 rings (SSSR count). The van der Waals surface area contributed by atoms with Crippen molar-refractivity contribution in [3.63, 3.8) is 0 Å². The van der Waals surface area contributed by atoms with Crippen molar-refractivity contribution in [3.8, 4) is 0 Å². The second-order valence-electron chi connectivity index (χ2n) is 4.32. The van der Waals surface area contributed by atoms with Crippen LogP contribution in [0.1, 0.15) is 24.6 Å². The summed E-state index contributed by atoms with van der Waals surface area (Å²) in [6, 6.07) is 0. The number of hydrogen-bond acceptors (Lipinski definition) is 6. The first-order valence-corrected chi connectivity index (χ1v) is 5.84. The topological polar surface area (TPSA) is 108 Å². The summed E-state index contributed by atoms with van der Waals surface area (Å²) in [7, 11) is 0. The summed E-state index contributed by atoms with van der Waals surface area (Å²) in [4.78, 5) is 14.2. The fourth-order valence-corrected chi connectivity index (χ4v) is 2.05. The first-order valence-electron chi connectivity index (χ1n) is 5.43. The lowest BCUT2D eigenvalue weighted by Gasteiger charge is -2.22. The summed E-state index contributed by atoms with van der Waals surface area (Å²) >= 11 is 4.93. The molecule has 0 amide bonds. The number of aromatic nitrogens is 2. The monoisotopic (exact) mass is 274 g/mol. The number of aryl methyl sites for hydroxylation is 1. The summed E-state index contributed by atoms with van der Waals surface area (Å²) in [6.07, 6.45) is 0.367. The van der Waals surface area contributed by atoms with Crippen LogP contribution in [0.4, 0.5) is 0 Å². The molecule has 100 valence electrons. The molecule has 18 heavy (non-hydrogen) atoms. The highest BCUT2D eigenvalue weighted by molar-refractivity contribution is 7.71. The number of aromatic amines is 1. The first-order chi connectivity index (χ1) is 8.29. The molecule has 0 aliphatic carbocycles. The summed E-state index contributed by atoms with van der Waals surface area (Å²) < 4.78 is 6.89. The molecule has 8 heteroatoms. The molecule has 0 radical (unpaired) electrons. The highest BCUT2D eigenvalue weighted by Gasteiger charge is 2.40. The van der Waals surface area contributed by atoms with Crippen molar-refractivity contribution in [1.29, 1.82) is 0 Å². The molecule has 2 unspecified atom stereocenters. The largest absolute Gasteiger partial charge is 0.346 e. The number of hydrogen-bond donors (Lipinski definition) is 4. The van der Waals surface area contributed by atoms with Crippen molar-refractivity contribution < 1.29 is 20.1 Å². The van der Waals surface area contributed by atoms with Gasteiger partial charge in [-0.05, 0) is 19.8 Å². The van der Waals surface area contributed by atoms with E-state index >= 15 is 0 Å². The fraction of sp³-hybridized carbons (Fsp3) is 0.600. The Morgan fingerprint density at radius 2 is 2.17 bits per heavy atom. The second-order valence-corrected chi connectivity index (χ2v) is 4.73. The highest BCUT2D eigenvalue weighted by atomic mass is 32.1. The Bertz CT molecular complexity index is 559. The zero-order valence-corrected chi connectivity index (χ0v) is 10.5. The van der Waals surface area contributed by atoms with E-state index in [0.29, 0.717) is 16.6 Å². The van der Waals surface area contributed by atoms with Gasteiger partial charge in [0.25, 0.3) is 0 Å². The van der Waals surface area contributed by atoms with Crippen molar-refractivity contribution in [3.05, 3.63) is 26.9 Å². The maximum Gasteiger partial charge on any atom is 0.328 e. The van der Waals surface area contributed by atoms with Crippen molar-refractivity contribution in [1.82, 2.24) is 9.55 Å². The van der Waals surface area contributed by atoms with Crippen LogP contribution in [-0.2, 0) is 4.74 Å². The lowest BCUT2D eigenvalue weighted by atomic mass is 10.2. The summed E-state index contributed by atoms with van der Waals surface area (Å²) in [5.74, 6) is -2.89. The van der Waals surface area contributed by atoms with Crippen LogP contribution in [0.25, 0.3) is 0 Å². The van der Waals surface area contributed by atoms with E-state index in [1.165, 1.54) is 4.57 Å². The number of nitrogens with zero attached hydrogens (tertiary/aromatic N) is 1. The smallest absolute Gasteiger partial charge is 0.328 e. The maximum atomic E-state index is 11.7. The van der Waals surface area contributed by atoms with E-state index in [4.69, 9.17) is 32.3 Å². The molecule has 7 nitrogen and oxygen atoms in total. The van der Waals surface area contributed by atoms with Gasteiger partial charge in [0, 0.05) is 11.8 Å². The molecule has 1 aliphatic rings. The van der Waals surface area contributed by atoms with E-state index in [1.54, 1.807) is 13.1 Å². The van der Waals surface area contributed by atoms with E-state index in [1.807, 2.05) is 0 Å². The predicted octanol–water partition coefficient (Wildman–Crippen LogP) is -0.477. The van der Waals surface area contributed by atoms with Crippen LogP contribution in [0.5, 0.6) is 0 Å². The van der Waals surface area contributed by atoms with Crippen LogP contribution in [0.2, 0.25) is 0 Å². The van der Waals surface area contributed by atoms with E-state index in [0.717, 1.165) is 0 Å². The molecule has 0 aromatic carbocycles. The molecule has 0 spiro atoms. The first kappa shape index (κ1) is 13.4. The summed E-state index contributed by atoms with van der Waals surface area (Å²) in [5, 5.41) is 27.1. The molecule has 2 heterocycles. The molecule has 1 aromatic rings. The molecule has 0 saturated carbocycles. The van der Waals surface area contributed by atoms with E-state index < -0.39 is 24.0 Å². The Morgan fingerprint density at radius 1 is 1.50 bits per heavy atom. The normalized spacial score (nSPS) is 24.4. The summed E-state index contributed by atoms with van der Waals surface area (Å²) in [5.41, 5.74) is 0.274. The number of H-pyrrole nitrogens is 1. The Balaban J connectivity index is 2.28. The van der Waals surface area contributed by atoms with Crippen molar-refractivity contribution >= 4 is 12.2 Å². The van der Waals surface area contributed by atoms with Crippen LogP contribution in [0, 0.1) is 11.6 Å². The molecule has 1 aromatic heterocycles. The van der Waals surface area contributed by atoms with E-state index in [-0.39, 0.29) is 6.42 Å². The Hall–Kier alpha value is -1.06. The van der Waals surface area contributed by atoms with Gasteiger partial charge in [-0.3, -0.25) is 9.55 Å². The van der Waals surface area contributed by atoms with Gasteiger partial charge >= 0.3 is 11.7 Å². The lowest BCUT2D eigenvalue weighted by molar-refractivity contribution is -0.360. The molecule has 1 fully saturated rings. The third kappa shape index (κ3) is 2.52. The van der Waals surface area contributed by atoms with Crippen LogP contribution >= 0.6 is 12.2 Å². The predicted molar refractivity (Wildman–Crippen MR) is 63.2 cm³/mol.